The van der Waals surface area contributed by atoms with E-state index >= 15 is 0 Å². The van der Waals surface area contributed by atoms with Gasteiger partial charge in [0.25, 0.3) is 0 Å². The molecule has 4 aromatic rings. The van der Waals surface area contributed by atoms with Crippen molar-refractivity contribution in [2.24, 2.45) is 0 Å². The van der Waals surface area contributed by atoms with Gasteiger partial charge in [0.2, 0.25) is 0 Å². The molecular formula is C50H66HfSi. The molecule has 0 saturated heterocycles. The minimum absolute atomic E-state index is 0.124. The van der Waals surface area contributed by atoms with Crippen molar-refractivity contribution in [2.45, 2.75) is 134 Å². The molecule has 0 fully saturated rings. The fourth-order valence-corrected chi connectivity index (χ4v) is 63.3. The molecule has 0 N–H and O–H groups in total. The Morgan fingerprint density at radius 3 is 1.33 bits per heavy atom. The average molecular weight is 874 g/mol. The summed E-state index contributed by atoms with van der Waals surface area (Å²) < 4.78 is 7.06. The molecule has 274 valence electrons. The monoisotopic (exact) mass is 874 g/mol. The number of benzene rings is 4. The zero-order chi connectivity index (χ0) is 37.3. The maximum absolute atomic E-state index is 4.01. The van der Waals surface area contributed by atoms with Crippen LogP contribution in [0.4, 0.5) is 0 Å². The van der Waals surface area contributed by atoms with E-state index in [9.17, 15) is 0 Å². The van der Waals surface area contributed by atoms with Crippen LogP contribution in [-0.4, -0.2) is 5.49 Å². The standard InChI is InChI=1S/2C19H19.C10H22Si.2CH3.Hf/c2*1-19(2,3)16-10-4-9-15(13-16)18-12-6-8-14-7-5-11-17(14)18;1-3-5-7-9-11-10-8-6-4-2;;;/h2*4-13H,1-3H3;3-10H2,1-2H3;2*1H3;. The van der Waals surface area contributed by atoms with Gasteiger partial charge in [-0.3, -0.25) is 0 Å². The van der Waals surface area contributed by atoms with Gasteiger partial charge in [0.05, 0.1) is 0 Å². The van der Waals surface area contributed by atoms with E-state index in [1.807, 2.05) is 0 Å². The van der Waals surface area contributed by atoms with Crippen LogP contribution in [0.25, 0.3) is 34.4 Å². The van der Waals surface area contributed by atoms with Gasteiger partial charge in [-0.2, -0.15) is 0 Å². The third-order valence-corrected chi connectivity index (χ3v) is 69.2. The van der Waals surface area contributed by atoms with Gasteiger partial charge in [0.15, 0.2) is 0 Å². The van der Waals surface area contributed by atoms with Gasteiger partial charge in [-0.05, 0) is 0 Å². The molecule has 4 aromatic carbocycles. The quantitative estimate of drug-likeness (QED) is 0.0983. The molecule has 2 atom stereocenters. The molecule has 2 unspecified atom stereocenters. The van der Waals surface area contributed by atoms with Crippen LogP contribution in [0.3, 0.4) is 0 Å². The normalized spacial score (nSPS) is 17.1. The van der Waals surface area contributed by atoms with E-state index in [1.54, 1.807) is 11.1 Å². The molecule has 0 saturated carbocycles. The van der Waals surface area contributed by atoms with Crippen molar-refractivity contribution < 1.29 is 17.1 Å². The van der Waals surface area contributed by atoms with Crippen molar-refractivity contribution in [3.8, 4) is 22.3 Å². The number of unbranched alkanes of at least 4 members (excludes halogenated alkanes) is 4. The number of fused-ring (bicyclic) bond motifs is 2. The molecule has 0 bridgehead atoms. The zero-order valence-electron chi connectivity index (χ0n) is 34.2. The molecule has 0 aromatic heterocycles. The number of allylic oxidation sites excluding steroid dienone is 2. The number of rotatable bonds is 12. The molecule has 0 amide bonds. The van der Waals surface area contributed by atoms with Gasteiger partial charge in [0.1, 0.15) is 0 Å². The van der Waals surface area contributed by atoms with Crippen LogP contribution in [0.5, 0.6) is 0 Å². The van der Waals surface area contributed by atoms with Crippen LogP contribution in [0.15, 0.2) is 97.1 Å². The van der Waals surface area contributed by atoms with Crippen molar-refractivity contribution in [1.82, 2.24) is 0 Å². The third kappa shape index (κ3) is 7.42. The average Bonchev–Trinajstić information content (AvgIpc) is 3.77. The van der Waals surface area contributed by atoms with Crippen LogP contribution < -0.4 is 0 Å². The Labute approximate surface area is 318 Å². The molecule has 0 nitrogen and oxygen atoms in total. The predicted octanol–water partition coefficient (Wildman–Crippen LogP) is 15.6. The second-order valence-electron chi connectivity index (χ2n) is 19.1. The van der Waals surface area contributed by atoms with Gasteiger partial charge in [0, 0.05) is 0 Å². The molecular weight excluding hydrogens is 807 g/mol. The Morgan fingerprint density at radius 2 is 0.942 bits per heavy atom. The summed E-state index contributed by atoms with van der Waals surface area (Å²) >= 11 is -4.01. The summed E-state index contributed by atoms with van der Waals surface area (Å²) in [4.78, 5) is 0. The first kappa shape index (κ1) is 39.1. The van der Waals surface area contributed by atoms with E-state index in [0.29, 0.717) is 7.35 Å². The van der Waals surface area contributed by atoms with Crippen molar-refractivity contribution in [3.05, 3.63) is 130 Å². The van der Waals surface area contributed by atoms with Crippen LogP contribution in [0.1, 0.15) is 135 Å². The van der Waals surface area contributed by atoms with E-state index < -0.39 is 22.6 Å². The Morgan fingerprint density at radius 1 is 0.538 bits per heavy atom. The molecule has 0 spiro atoms. The predicted molar refractivity (Wildman–Crippen MR) is 231 cm³/mol. The van der Waals surface area contributed by atoms with Crippen molar-refractivity contribution >= 4 is 17.6 Å². The summed E-state index contributed by atoms with van der Waals surface area (Å²) in [5.41, 5.74) is 14.2. The first-order valence-corrected chi connectivity index (χ1v) is 39.2. The summed E-state index contributed by atoms with van der Waals surface area (Å²) in [7, 11) is 0. The minimum atomic E-state index is -4.01. The summed E-state index contributed by atoms with van der Waals surface area (Å²) in [6, 6.07) is 36.3. The van der Waals surface area contributed by atoms with Gasteiger partial charge >= 0.3 is 321 Å². The molecule has 2 aliphatic rings. The second-order valence-corrected chi connectivity index (χ2v) is 65.0. The first-order valence-electron chi connectivity index (χ1n) is 20.6. The summed E-state index contributed by atoms with van der Waals surface area (Å²) in [5.74, 6) is 0. The van der Waals surface area contributed by atoms with Gasteiger partial charge in [-0.15, -0.1) is 0 Å². The van der Waals surface area contributed by atoms with Gasteiger partial charge < -0.3 is 0 Å². The summed E-state index contributed by atoms with van der Waals surface area (Å²) in [6.07, 6.45) is 18.7. The van der Waals surface area contributed by atoms with E-state index in [-0.39, 0.29) is 10.8 Å². The van der Waals surface area contributed by atoms with E-state index in [0.717, 1.165) is 0 Å². The third-order valence-electron chi connectivity index (χ3n) is 13.1. The summed E-state index contributed by atoms with van der Waals surface area (Å²) in [5, 5.41) is 0. The molecule has 2 heteroatoms. The van der Waals surface area contributed by atoms with Crippen molar-refractivity contribution in [1.29, 1.82) is 0 Å². The molecule has 0 radical (unpaired) electrons. The van der Waals surface area contributed by atoms with Crippen LogP contribution in [-0.2, 0) is 28.0 Å². The second kappa shape index (κ2) is 15.3. The van der Waals surface area contributed by atoms with E-state index in [4.69, 9.17) is 0 Å². The van der Waals surface area contributed by atoms with Crippen molar-refractivity contribution in [3.63, 3.8) is 0 Å². The fraction of sp³-hybridized carbons (Fsp3) is 0.440. The molecule has 0 heterocycles. The first-order chi connectivity index (χ1) is 24.7. The molecule has 6 rings (SSSR count). The van der Waals surface area contributed by atoms with Crippen LogP contribution in [0, 0.1) is 0 Å². The van der Waals surface area contributed by atoms with Crippen molar-refractivity contribution in [2.75, 3.05) is 0 Å². The number of hydrogen-bond donors (Lipinski definition) is 0. The van der Waals surface area contributed by atoms with Gasteiger partial charge in [-0.1, -0.05) is 0 Å². The maximum atomic E-state index is 2.97. The molecule has 52 heavy (non-hydrogen) atoms. The fourth-order valence-electron chi connectivity index (χ4n) is 9.76. The topological polar surface area (TPSA) is 0 Å². The Bertz CT molecular complexity index is 1910. The Hall–Kier alpha value is -2.55. The Kier molecular flexibility index (Phi) is 11.5. The SMILES string of the molecule is CCCCC[Si](CCCCC)=[Hf]([CH3])([CH3])([CH]1C=Cc2c(-c3cccc(C(C)(C)C)c3)cccc21)[CH]1C=Cc2c(-c3cccc(C(C)(C)C)c3)cccc21. The Balaban J connectivity index is 1.56. The summed E-state index contributed by atoms with van der Waals surface area (Å²) in [6.45, 7) is 18.8. The van der Waals surface area contributed by atoms with Crippen LogP contribution >= 0.6 is 0 Å². The van der Waals surface area contributed by atoms with E-state index in [2.05, 4.69) is 174 Å². The van der Waals surface area contributed by atoms with Gasteiger partial charge in [-0.25, -0.2) is 0 Å². The van der Waals surface area contributed by atoms with E-state index in [1.165, 1.54) is 95.1 Å². The van der Waals surface area contributed by atoms with Crippen LogP contribution in [0.2, 0.25) is 21.4 Å². The molecule has 0 aliphatic heterocycles. The zero-order valence-corrected chi connectivity index (χ0v) is 38.8. The molecule has 2 aliphatic carbocycles. The number of hydrogen-bond acceptors (Lipinski definition) is 0.